The van der Waals surface area contributed by atoms with E-state index in [1.54, 1.807) is 0 Å². The largest absolute Gasteiger partial charge is 0.369 e. The van der Waals surface area contributed by atoms with Gasteiger partial charge in [-0.15, -0.1) is 0 Å². The summed E-state index contributed by atoms with van der Waals surface area (Å²) in [5.74, 6) is 0.236. The van der Waals surface area contributed by atoms with Crippen LogP contribution < -0.4 is 10.2 Å². The zero-order chi connectivity index (χ0) is 16.8. The third kappa shape index (κ3) is 4.04. The lowest BCUT2D eigenvalue weighted by molar-refractivity contribution is 0.0983. The lowest BCUT2D eigenvalue weighted by Gasteiger charge is -2.31. The molecule has 1 heterocycles. The maximum atomic E-state index is 12.6. The maximum absolute atomic E-state index is 12.6. The van der Waals surface area contributed by atoms with Crippen LogP contribution in [0.2, 0.25) is 0 Å². The van der Waals surface area contributed by atoms with E-state index in [0.29, 0.717) is 6.42 Å². The molecule has 3 heteroatoms. The Labute approximate surface area is 144 Å². The third-order valence-electron chi connectivity index (χ3n) is 4.72. The predicted octanol–water partition coefficient (Wildman–Crippen LogP) is 3.47. The van der Waals surface area contributed by atoms with Crippen LogP contribution in [-0.4, -0.2) is 32.0 Å². The fourth-order valence-electron chi connectivity index (χ4n) is 3.30. The summed E-state index contributed by atoms with van der Waals surface area (Å²) in [4.78, 5) is 15.0. The van der Waals surface area contributed by atoms with Crippen LogP contribution in [0.15, 0.2) is 48.5 Å². The first-order chi connectivity index (χ1) is 11.8. The highest BCUT2D eigenvalue weighted by atomic mass is 16.1. The summed E-state index contributed by atoms with van der Waals surface area (Å²) in [5.41, 5.74) is 4.64. The molecule has 1 saturated heterocycles. The van der Waals surface area contributed by atoms with Gasteiger partial charge in [-0.1, -0.05) is 37.3 Å². The number of nitrogens with zero attached hydrogens (tertiary/aromatic N) is 1. The molecule has 1 aliphatic heterocycles. The quantitative estimate of drug-likeness (QED) is 0.827. The van der Waals surface area contributed by atoms with Crippen LogP contribution in [0.4, 0.5) is 5.69 Å². The van der Waals surface area contributed by atoms with Crippen LogP contribution in [0.3, 0.4) is 0 Å². The fraction of sp³-hybridized carbons (Fsp3) is 0.381. The topological polar surface area (TPSA) is 32.3 Å². The van der Waals surface area contributed by atoms with Crippen LogP contribution in [0.5, 0.6) is 0 Å². The van der Waals surface area contributed by atoms with Crippen molar-refractivity contribution in [3.8, 4) is 0 Å². The molecule has 0 atom stereocenters. The number of hydrogen-bond acceptors (Lipinski definition) is 3. The van der Waals surface area contributed by atoms with Crippen LogP contribution >= 0.6 is 0 Å². The Bertz CT molecular complexity index is 675. The van der Waals surface area contributed by atoms with Gasteiger partial charge >= 0.3 is 0 Å². The number of ketones is 1. The molecular formula is C21H26N2O. The number of carbonyl (C=O) groups excluding carboxylic acids is 1. The van der Waals surface area contributed by atoms with Gasteiger partial charge in [-0.25, -0.2) is 0 Å². The molecule has 0 radical (unpaired) electrons. The van der Waals surface area contributed by atoms with Crippen molar-refractivity contribution in [3.05, 3.63) is 65.2 Å². The minimum Gasteiger partial charge on any atom is -0.369 e. The normalized spacial score (nSPS) is 14.6. The fourth-order valence-corrected chi connectivity index (χ4v) is 3.30. The van der Waals surface area contributed by atoms with Crippen molar-refractivity contribution < 1.29 is 4.79 Å². The molecule has 3 rings (SSSR count). The summed E-state index contributed by atoms with van der Waals surface area (Å²) in [5, 5.41) is 3.39. The van der Waals surface area contributed by atoms with Crippen molar-refractivity contribution in [3.63, 3.8) is 0 Å². The molecule has 0 saturated carbocycles. The average Bonchev–Trinajstić information content (AvgIpc) is 2.67. The first kappa shape index (κ1) is 16.7. The molecule has 0 bridgehead atoms. The Kier molecular flexibility index (Phi) is 5.65. The predicted molar refractivity (Wildman–Crippen MR) is 100.0 cm³/mol. The highest BCUT2D eigenvalue weighted by Crippen LogP contribution is 2.24. The Balaban J connectivity index is 1.70. The standard InChI is InChI=1S/C21H26N2O/c1-2-18-16-19(9-10-20(18)23-14-12-22-13-15-23)21(24)11-8-17-6-4-3-5-7-17/h3-7,9-10,16,22H,2,8,11-15H2,1H3. The SMILES string of the molecule is CCc1cc(C(=O)CCc2ccccc2)ccc1N1CCNCC1. The molecule has 1 fully saturated rings. The smallest absolute Gasteiger partial charge is 0.163 e. The Hall–Kier alpha value is -2.13. The molecule has 1 N–H and O–H groups in total. The third-order valence-corrected chi connectivity index (χ3v) is 4.72. The van der Waals surface area contributed by atoms with Gasteiger partial charge in [0, 0.05) is 43.9 Å². The molecule has 126 valence electrons. The second kappa shape index (κ2) is 8.11. The first-order valence-electron chi connectivity index (χ1n) is 8.93. The molecule has 0 unspecified atom stereocenters. The number of anilines is 1. The van der Waals surface area contributed by atoms with Gasteiger partial charge in [-0.05, 0) is 42.2 Å². The zero-order valence-corrected chi connectivity index (χ0v) is 14.4. The number of benzene rings is 2. The van der Waals surface area contributed by atoms with Crippen LogP contribution in [-0.2, 0) is 12.8 Å². The number of aryl methyl sites for hydroxylation is 2. The van der Waals surface area contributed by atoms with E-state index in [9.17, 15) is 4.79 Å². The van der Waals surface area contributed by atoms with Crippen molar-refractivity contribution in [2.75, 3.05) is 31.1 Å². The second-order valence-corrected chi connectivity index (χ2v) is 6.34. The van der Waals surface area contributed by atoms with Gasteiger partial charge in [0.15, 0.2) is 5.78 Å². The summed E-state index contributed by atoms with van der Waals surface area (Å²) < 4.78 is 0. The van der Waals surface area contributed by atoms with Gasteiger partial charge in [0.05, 0.1) is 0 Å². The van der Waals surface area contributed by atoms with Crippen molar-refractivity contribution in [1.29, 1.82) is 0 Å². The maximum Gasteiger partial charge on any atom is 0.163 e. The Morgan fingerprint density at radius 2 is 1.83 bits per heavy atom. The summed E-state index contributed by atoms with van der Waals surface area (Å²) in [6, 6.07) is 16.5. The van der Waals surface area contributed by atoms with E-state index in [0.717, 1.165) is 44.6 Å². The monoisotopic (exact) mass is 322 g/mol. The van der Waals surface area contributed by atoms with Gasteiger partial charge in [-0.2, -0.15) is 0 Å². The molecule has 0 aliphatic carbocycles. The number of hydrogen-bond donors (Lipinski definition) is 1. The molecule has 24 heavy (non-hydrogen) atoms. The van der Waals surface area contributed by atoms with E-state index < -0.39 is 0 Å². The number of nitrogens with one attached hydrogen (secondary N) is 1. The minimum atomic E-state index is 0.236. The van der Waals surface area contributed by atoms with Crippen LogP contribution in [0.1, 0.15) is 34.8 Å². The number of piperazine rings is 1. The molecule has 0 aromatic heterocycles. The van der Waals surface area contributed by atoms with E-state index in [-0.39, 0.29) is 5.78 Å². The summed E-state index contributed by atoms with van der Waals surface area (Å²) >= 11 is 0. The van der Waals surface area contributed by atoms with Gasteiger partial charge in [0.25, 0.3) is 0 Å². The van der Waals surface area contributed by atoms with E-state index in [4.69, 9.17) is 0 Å². The van der Waals surface area contributed by atoms with E-state index in [2.05, 4.69) is 41.4 Å². The number of rotatable bonds is 6. The van der Waals surface area contributed by atoms with Crippen molar-refractivity contribution in [2.24, 2.45) is 0 Å². The molecule has 1 aliphatic rings. The molecular weight excluding hydrogens is 296 g/mol. The van der Waals surface area contributed by atoms with Crippen LogP contribution in [0, 0.1) is 0 Å². The average molecular weight is 322 g/mol. The van der Waals surface area contributed by atoms with Gasteiger partial charge in [-0.3, -0.25) is 4.79 Å². The van der Waals surface area contributed by atoms with Crippen molar-refractivity contribution in [2.45, 2.75) is 26.2 Å². The van der Waals surface area contributed by atoms with E-state index in [1.807, 2.05) is 24.3 Å². The lowest BCUT2D eigenvalue weighted by Crippen LogP contribution is -2.43. The number of Topliss-reactive ketones (excluding diaryl/α,β-unsaturated/α-hetero) is 1. The minimum absolute atomic E-state index is 0.236. The first-order valence-corrected chi connectivity index (χ1v) is 8.93. The van der Waals surface area contributed by atoms with Gasteiger partial charge in [0.1, 0.15) is 0 Å². The van der Waals surface area contributed by atoms with Crippen LogP contribution in [0.25, 0.3) is 0 Å². The summed E-state index contributed by atoms with van der Waals surface area (Å²) in [6.07, 6.45) is 2.33. The van der Waals surface area contributed by atoms with Crippen molar-refractivity contribution in [1.82, 2.24) is 5.32 Å². The van der Waals surface area contributed by atoms with Crippen molar-refractivity contribution >= 4 is 11.5 Å². The highest BCUT2D eigenvalue weighted by molar-refractivity contribution is 5.96. The number of carbonyl (C=O) groups is 1. The summed E-state index contributed by atoms with van der Waals surface area (Å²) in [7, 11) is 0. The lowest BCUT2D eigenvalue weighted by atomic mass is 9.99. The van der Waals surface area contributed by atoms with Gasteiger partial charge in [0.2, 0.25) is 0 Å². The molecule has 0 spiro atoms. The van der Waals surface area contributed by atoms with E-state index >= 15 is 0 Å². The molecule has 0 amide bonds. The molecule has 3 nitrogen and oxygen atoms in total. The molecule has 2 aromatic carbocycles. The van der Waals surface area contributed by atoms with E-state index in [1.165, 1.54) is 16.8 Å². The Morgan fingerprint density at radius 1 is 1.08 bits per heavy atom. The second-order valence-electron chi connectivity index (χ2n) is 6.34. The zero-order valence-electron chi connectivity index (χ0n) is 14.4. The Morgan fingerprint density at radius 3 is 2.54 bits per heavy atom. The molecule has 2 aromatic rings. The van der Waals surface area contributed by atoms with Gasteiger partial charge < -0.3 is 10.2 Å². The highest BCUT2D eigenvalue weighted by Gasteiger charge is 2.15. The summed E-state index contributed by atoms with van der Waals surface area (Å²) in [6.45, 7) is 6.30.